The Morgan fingerprint density at radius 1 is 1.12 bits per heavy atom. The van der Waals surface area contributed by atoms with E-state index in [1.54, 1.807) is 24.3 Å². The number of anilines is 1. The zero-order chi connectivity index (χ0) is 18.4. The Labute approximate surface area is 144 Å². The van der Waals surface area contributed by atoms with Gasteiger partial charge in [0.05, 0.1) is 12.7 Å². The van der Waals surface area contributed by atoms with Crippen molar-refractivity contribution in [2.45, 2.75) is 6.92 Å². The molecule has 2 aromatic carbocycles. The highest BCUT2D eigenvalue weighted by molar-refractivity contribution is 5.97. The predicted molar refractivity (Wildman–Crippen MR) is 89.7 cm³/mol. The summed E-state index contributed by atoms with van der Waals surface area (Å²) >= 11 is 0. The lowest BCUT2D eigenvalue weighted by Crippen LogP contribution is -2.37. The lowest BCUT2D eigenvalue weighted by Gasteiger charge is -2.21. The molecule has 2 rings (SSSR count). The van der Waals surface area contributed by atoms with E-state index in [1.165, 1.54) is 25.0 Å². The molecule has 0 aliphatic heterocycles. The highest BCUT2D eigenvalue weighted by Gasteiger charge is 2.15. The van der Waals surface area contributed by atoms with Crippen LogP contribution in [0.3, 0.4) is 0 Å². The molecule has 0 saturated carbocycles. The fourth-order valence-corrected chi connectivity index (χ4v) is 2.33. The largest absolute Gasteiger partial charge is 0.496 e. The molecule has 7 heteroatoms. The second-order valence-electron chi connectivity index (χ2n) is 5.23. The van der Waals surface area contributed by atoms with Gasteiger partial charge >= 0.3 is 0 Å². The van der Waals surface area contributed by atoms with Gasteiger partial charge in [0.2, 0.25) is 5.91 Å². The first kappa shape index (κ1) is 18.4. The number of carbonyl (C=O) groups is 2. The van der Waals surface area contributed by atoms with Gasteiger partial charge in [0.25, 0.3) is 5.91 Å². The van der Waals surface area contributed by atoms with Crippen molar-refractivity contribution in [3.63, 3.8) is 0 Å². The van der Waals surface area contributed by atoms with Crippen LogP contribution in [0.1, 0.15) is 17.3 Å². The van der Waals surface area contributed by atoms with Crippen LogP contribution in [0.4, 0.5) is 14.5 Å². The minimum atomic E-state index is -1.04. The number of nitrogens with zero attached hydrogens (tertiary/aromatic N) is 1. The van der Waals surface area contributed by atoms with E-state index in [2.05, 4.69) is 5.32 Å². The number of ether oxygens (including phenoxy) is 1. The topological polar surface area (TPSA) is 58.6 Å². The number of methoxy groups -OCH3 is 1. The van der Waals surface area contributed by atoms with E-state index in [9.17, 15) is 18.4 Å². The van der Waals surface area contributed by atoms with Gasteiger partial charge in [-0.1, -0.05) is 12.1 Å². The zero-order valence-electron chi connectivity index (χ0n) is 13.9. The van der Waals surface area contributed by atoms with Crippen LogP contribution < -0.4 is 15.0 Å². The molecule has 0 spiro atoms. The van der Waals surface area contributed by atoms with Crippen molar-refractivity contribution in [1.29, 1.82) is 0 Å². The number of rotatable bonds is 6. The van der Waals surface area contributed by atoms with E-state index in [0.29, 0.717) is 11.3 Å². The van der Waals surface area contributed by atoms with Crippen molar-refractivity contribution in [1.82, 2.24) is 5.32 Å². The van der Waals surface area contributed by atoms with Gasteiger partial charge in [0.15, 0.2) is 11.6 Å². The summed E-state index contributed by atoms with van der Waals surface area (Å²) in [5.74, 6) is -2.30. The minimum absolute atomic E-state index is 0.112. The summed E-state index contributed by atoms with van der Waals surface area (Å²) in [7, 11) is 1.46. The average molecular weight is 348 g/mol. The third-order valence-electron chi connectivity index (χ3n) is 3.57. The number of hydrogen-bond acceptors (Lipinski definition) is 3. The molecule has 25 heavy (non-hydrogen) atoms. The molecule has 0 radical (unpaired) electrons. The highest BCUT2D eigenvalue weighted by Crippen LogP contribution is 2.19. The van der Waals surface area contributed by atoms with Crippen LogP contribution in [0.5, 0.6) is 5.75 Å². The van der Waals surface area contributed by atoms with Crippen molar-refractivity contribution in [3.05, 3.63) is 59.7 Å². The van der Waals surface area contributed by atoms with Crippen LogP contribution in [0, 0.1) is 11.6 Å². The van der Waals surface area contributed by atoms with Gasteiger partial charge in [0.1, 0.15) is 5.75 Å². The number of amides is 2. The number of hydrogen-bond donors (Lipinski definition) is 1. The Morgan fingerprint density at radius 3 is 2.48 bits per heavy atom. The summed E-state index contributed by atoms with van der Waals surface area (Å²) in [4.78, 5) is 25.2. The average Bonchev–Trinajstić information content (AvgIpc) is 2.60. The Kier molecular flexibility index (Phi) is 6.05. The second-order valence-corrected chi connectivity index (χ2v) is 5.23. The molecule has 1 N–H and O–H groups in total. The molecular weight excluding hydrogens is 330 g/mol. The van der Waals surface area contributed by atoms with Gasteiger partial charge in [-0.2, -0.15) is 0 Å². The van der Waals surface area contributed by atoms with Crippen LogP contribution in [-0.4, -0.2) is 32.0 Å². The quantitative estimate of drug-likeness (QED) is 0.873. The molecule has 5 nitrogen and oxygen atoms in total. The number of halogens is 2. The van der Waals surface area contributed by atoms with Gasteiger partial charge < -0.3 is 15.0 Å². The van der Waals surface area contributed by atoms with Crippen LogP contribution in [-0.2, 0) is 4.79 Å². The van der Waals surface area contributed by atoms with E-state index in [1.807, 2.05) is 0 Å². The summed E-state index contributed by atoms with van der Waals surface area (Å²) in [6.07, 6.45) is 0. The minimum Gasteiger partial charge on any atom is -0.496 e. The number of carbonyl (C=O) groups excluding carboxylic acids is 2. The molecule has 0 aromatic heterocycles. The Morgan fingerprint density at radius 2 is 1.84 bits per heavy atom. The maximum absolute atomic E-state index is 13.4. The summed E-state index contributed by atoms with van der Waals surface area (Å²) < 4.78 is 31.5. The van der Waals surface area contributed by atoms with Gasteiger partial charge in [-0.3, -0.25) is 9.59 Å². The van der Waals surface area contributed by atoms with Crippen molar-refractivity contribution in [2.24, 2.45) is 0 Å². The van der Waals surface area contributed by atoms with E-state index in [-0.39, 0.29) is 30.6 Å². The molecule has 0 fully saturated rings. The molecule has 0 aliphatic rings. The van der Waals surface area contributed by atoms with Gasteiger partial charge in [-0.25, -0.2) is 8.78 Å². The molecule has 0 saturated heterocycles. The maximum Gasteiger partial charge on any atom is 0.255 e. The summed E-state index contributed by atoms with van der Waals surface area (Å²) in [5, 5.41) is 2.67. The van der Waals surface area contributed by atoms with Crippen LogP contribution in [0.15, 0.2) is 42.5 Å². The Bertz CT molecular complexity index is 781. The van der Waals surface area contributed by atoms with Gasteiger partial charge in [-0.05, 0) is 24.3 Å². The SMILES string of the molecule is COc1ccccc1C(=O)NCCN(C(C)=O)c1ccc(F)c(F)c1. The summed E-state index contributed by atoms with van der Waals surface area (Å²) in [6, 6.07) is 9.94. The molecule has 0 atom stereocenters. The van der Waals surface area contributed by atoms with Crippen molar-refractivity contribution in [3.8, 4) is 5.75 Å². The maximum atomic E-state index is 13.4. The normalized spacial score (nSPS) is 10.2. The second kappa shape index (κ2) is 8.23. The zero-order valence-corrected chi connectivity index (χ0v) is 13.9. The van der Waals surface area contributed by atoms with E-state index >= 15 is 0 Å². The number of benzene rings is 2. The lowest BCUT2D eigenvalue weighted by molar-refractivity contribution is -0.116. The molecule has 2 amide bonds. The smallest absolute Gasteiger partial charge is 0.255 e. The standard InChI is InChI=1S/C18H18F2N2O3/c1-12(23)22(13-7-8-15(19)16(20)11-13)10-9-21-18(24)14-5-3-4-6-17(14)25-2/h3-8,11H,9-10H2,1-2H3,(H,21,24). The van der Waals surface area contributed by atoms with Crippen LogP contribution in [0.25, 0.3) is 0 Å². The highest BCUT2D eigenvalue weighted by atomic mass is 19.2. The first-order valence-corrected chi connectivity index (χ1v) is 7.58. The molecule has 0 unspecified atom stereocenters. The van der Waals surface area contributed by atoms with Crippen LogP contribution in [0.2, 0.25) is 0 Å². The van der Waals surface area contributed by atoms with E-state index in [0.717, 1.165) is 12.1 Å². The molecule has 0 aliphatic carbocycles. The van der Waals surface area contributed by atoms with E-state index in [4.69, 9.17) is 4.74 Å². The van der Waals surface area contributed by atoms with E-state index < -0.39 is 11.6 Å². The predicted octanol–water partition coefficient (Wildman–Crippen LogP) is 2.76. The fourth-order valence-electron chi connectivity index (χ4n) is 2.33. The molecule has 0 heterocycles. The van der Waals surface area contributed by atoms with Gasteiger partial charge in [-0.15, -0.1) is 0 Å². The van der Waals surface area contributed by atoms with Crippen LogP contribution >= 0.6 is 0 Å². The Balaban J connectivity index is 2.03. The molecule has 2 aromatic rings. The fraction of sp³-hybridized carbons (Fsp3) is 0.222. The monoisotopic (exact) mass is 348 g/mol. The van der Waals surface area contributed by atoms with Crippen molar-refractivity contribution < 1.29 is 23.1 Å². The summed E-state index contributed by atoms with van der Waals surface area (Å²) in [5.41, 5.74) is 0.588. The van der Waals surface area contributed by atoms with Gasteiger partial charge in [0, 0.05) is 31.8 Å². The summed E-state index contributed by atoms with van der Waals surface area (Å²) in [6.45, 7) is 1.56. The number of para-hydroxylation sites is 1. The third-order valence-corrected chi connectivity index (χ3v) is 3.57. The molecule has 0 bridgehead atoms. The molecule has 132 valence electrons. The lowest BCUT2D eigenvalue weighted by atomic mass is 10.2. The Hall–Kier alpha value is -2.96. The number of nitrogens with one attached hydrogen (secondary N) is 1. The van der Waals surface area contributed by atoms with Crippen molar-refractivity contribution in [2.75, 3.05) is 25.1 Å². The van der Waals surface area contributed by atoms with Crippen molar-refractivity contribution >= 4 is 17.5 Å². The first-order valence-electron chi connectivity index (χ1n) is 7.58. The molecular formula is C18H18F2N2O3. The third kappa shape index (κ3) is 4.53. The first-order chi connectivity index (χ1) is 11.9.